The minimum Gasteiger partial charge on any atom is -0.353 e. The molecule has 1 spiro atoms. The molecule has 4 rings (SSSR count). The lowest BCUT2D eigenvalue weighted by molar-refractivity contribution is -0.130. The van der Waals surface area contributed by atoms with Gasteiger partial charge in [-0.05, 0) is 44.2 Å². The van der Waals surface area contributed by atoms with Crippen LogP contribution in [-0.4, -0.2) is 40.8 Å². The van der Waals surface area contributed by atoms with Crippen LogP contribution in [0.3, 0.4) is 0 Å². The second kappa shape index (κ2) is 5.83. The van der Waals surface area contributed by atoms with E-state index < -0.39 is 5.82 Å². The molecule has 1 saturated heterocycles. The van der Waals surface area contributed by atoms with E-state index in [1.165, 1.54) is 12.5 Å². The molecule has 0 aromatic carbocycles. The SMILES string of the molecule is O=C(NC1CCC1)[C@@H]1C[C@@]12CCN(C(=O)Cc1ccc(F)cn1)C2. The highest BCUT2D eigenvalue weighted by Gasteiger charge is 2.61. The number of rotatable bonds is 4. The van der Waals surface area contributed by atoms with Gasteiger partial charge in [0.25, 0.3) is 0 Å². The summed E-state index contributed by atoms with van der Waals surface area (Å²) < 4.78 is 12.9. The molecule has 2 atom stereocenters. The van der Waals surface area contributed by atoms with Crippen LogP contribution in [-0.2, 0) is 16.0 Å². The van der Waals surface area contributed by atoms with E-state index in [1.807, 2.05) is 4.90 Å². The molecule has 5 nitrogen and oxygen atoms in total. The molecule has 1 aliphatic heterocycles. The van der Waals surface area contributed by atoms with E-state index in [0.29, 0.717) is 24.8 Å². The summed E-state index contributed by atoms with van der Waals surface area (Å²) in [7, 11) is 0. The molecule has 0 radical (unpaired) electrons. The molecular formula is C18H22FN3O2. The van der Waals surface area contributed by atoms with Gasteiger partial charge < -0.3 is 10.2 Å². The van der Waals surface area contributed by atoms with E-state index >= 15 is 0 Å². The van der Waals surface area contributed by atoms with Crippen LogP contribution in [0.15, 0.2) is 18.3 Å². The molecule has 6 heteroatoms. The van der Waals surface area contributed by atoms with Gasteiger partial charge in [0.1, 0.15) is 5.82 Å². The number of hydrogen-bond acceptors (Lipinski definition) is 3. The summed E-state index contributed by atoms with van der Waals surface area (Å²) in [5, 5.41) is 3.13. The number of pyridine rings is 1. The van der Waals surface area contributed by atoms with Gasteiger partial charge in [-0.1, -0.05) is 0 Å². The summed E-state index contributed by atoms with van der Waals surface area (Å²) >= 11 is 0. The van der Waals surface area contributed by atoms with Crippen molar-refractivity contribution in [1.29, 1.82) is 0 Å². The van der Waals surface area contributed by atoms with Crippen molar-refractivity contribution in [1.82, 2.24) is 15.2 Å². The lowest BCUT2D eigenvalue weighted by atomic mass is 9.92. The molecule has 0 unspecified atom stereocenters. The number of amides is 2. The fourth-order valence-electron chi connectivity index (χ4n) is 3.91. The summed E-state index contributed by atoms with van der Waals surface area (Å²) in [6.07, 6.45) is 6.52. The normalized spacial score (nSPS) is 28.7. The van der Waals surface area contributed by atoms with Crippen LogP contribution >= 0.6 is 0 Å². The van der Waals surface area contributed by atoms with E-state index in [-0.39, 0.29) is 29.6 Å². The van der Waals surface area contributed by atoms with E-state index in [9.17, 15) is 14.0 Å². The van der Waals surface area contributed by atoms with Crippen LogP contribution < -0.4 is 5.32 Å². The molecule has 1 N–H and O–H groups in total. The van der Waals surface area contributed by atoms with Crippen LogP contribution in [0.25, 0.3) is 0 Å². The molecule has 2 aliphatic carbocycles. The van der Waals surface area contributed by atoms with Gasteiger partial charge in [-0.15, -0.1) is 0 Å². The number of halogens is 1. The number of carbonyl (C=O) groups is 2. The van der Waals surface area contributed by atoms with Crippen LogP contribution in [0.4, 0.5) is 4.39 Å². The zero-order valence-corrected chi connectivity index (χ0v) is 13.6. The highest BCUT2D eigenvalue weighted by Crippen LogP contribution is 2.58. The molecule has 3 fully saturated rings. The number of likely N-dealkylation sites (tertiary alicyclic amines) is 1. The summed E-state index contributed by atoms with van der Waals surface area (Å²) in [6.45, 7) is 1.36. The van der Waals surface area contributed by atoms with Gasteiger partial charge in [-0.3, -0.25) is 14.6 Å². The third-order valence-electron chi connectivity index (χ3n) is 5.82. The van der Waals surface area contributed by atoms with Gasteiger partial charge in [0, 0.05) is 36.2 Å². The topological polar surface area (TPSA) is 62.3 Å². The highest BCUT2D eigenvalue weighted by molar-refractivity contribution is 5.84. The van der Waals surface area contributed by atoms with Crippen LogP contribution in [0.1, 0.15) is 37.8 Å². The number of aromatic nitrogens is 1. The molecular weight excluding hydrogens is 309 g/mol. The molecule has 0 bridgehead atoms. The Balaban J connectivity index is 1.31. The number of nitrogens with zero attached hydrogens (tertiary/aromatic N) is 2. The second-order valence-electron chi connectivity index (χ2n) is 7.47. The van der Waals surface area contributed by atoms with Gasteiger partial charge in [0.2, 0.25) is 11.8 Å². The molecule has 128 valence electrons. The molecule has 3 aliphatic rings. The van der Waals surface area contributed by atoms with Crippen molar-refractivity contribution in [3.63, 3.8) is 0 Å². The standard InChI is InChI=1S/C18H22FN3O2/c19-12-4-5-14(20-10-12)8-16(23)22-7-6-18(11-22)9-15(18)17(24)21-13-2-1-3-13/h4-5,10,13,15H,1-3,6-9,11H2,(H,21,24)/t15-,18+/m0/s1. The zero-order chi connectivity index (χ0) is 16.7. The van der Waals surface area contributed by atoms with Crippen molar-refractivity contribution in [3.8, 4) is 0 Å². The molecule has 2 heterocycles. The number of nitrogens with one attached hydrogen (secondary N) is 1. The first-order chi connectivity index (χ1) is 11.6. The van der Waals surface area contributed by atoms with E-state index in [2.05, 4.69) is 10.3 Å². The fourth-order valence-corrected chi connectivity index (χ4v) is 3.91. The monoisotopic (exact) mass is 331 g/mol. The maximum atomic E-state index is 12.9. The maximum Gasteiger partial charge on any atom is 0.228 e. The Morgan fingerprint density at radius 3 is 2.88 bits per heavy atom. The Morgan fingerprint density at radius 2 is 2.21 bits per heavy atom. The first kappa shape index (κ1) is 15.5. The average molecular weight is 331 g/mol. The van der Waals surface area contributed by atoms with Gasteiger partial charge in [0.05, 0.1) is 12.6 Å². The Kier molecular flexibility index (Phi) is 3.77. The van der Waals surface area contributed by atoms with Crippen molar-refractivity contribution >= 4 is 11.8 Å². The van der Waals surface area contributed by atoms with Gasteiger partial charge >= 0.3 is 0 Å². The first-order valence-corrected chi connectivity index (χ1v) is 8.74. The highest BCUT2D eigenvalue weighted by atomic mass is 19.1. The van der Waals surface area contributed by atoms with Crippen molar-refractivity contribution in [3.05, 3.63) is 29.8 Å². The van der Waals surface area contributed by atoms with Crippen LogP contribution in [0.2, 0.25) is 0 Å². The quantitative estimate of drug-likeness (QED) is 0.913. The maximum absolute atomic E-state index is 12.9. The van der Waals surface area contributed by atoms with Crippen molar-refractivity contribution in [2.24, 2.45) is 11.3 Å². The smallest absolute Gasteiger partial charge is 0.228 e. The molecule has 1 aromatic heterocycles. The Hall–Kier alpha value is -1.98. The fraction of sp³-hybridized carbons (Fsp3) is 0.611. The largest absolute Gasteiger partial charge is 0.353 e. The predicted molar refractivity (Wildman–Crippen MR) is 85.4 cm³/mol. The van der Waals surface area contributed by atoms with Crippen LogP contribution in [0.5, 0.6) is 0 Å². The zero-order valence-electron chi connectivity index (χ0n) is 13.6. The van der Waals surface area contributed by atoms with E-state index in [1.54, 1.807) is 6.07 Å². The summed E-state index contributed by atoms with van der Waals surface area (Å²) in [5.74, 6) is -0.144. The van der Waals surface area contributed by atoms with E-state index in [0.717, 1.165) is 31.9 Å². The predicted octanol–water partition coefficient (Wildman–Crippen LogP) is 1.67. The molecule has 2 saturated carbocycles. The van der Waals surface area contributed by atoms with Crippen molar-refractivity contribution in [2.75, 3.05) is 13.1 Å². The molecule has 24 heavy (non-hydrogen) atoms. The molecule has 2 amide bonds. The summed E-state index contributed by atoms with van der Waals surface area (Å²) in [5.41, 5.74) is 0.581. The lowest BCUT2D eigenvalue weighted by Gasteiger charge is -2.26. The molecule has 1 aromatic rings. The Labute approximate surface area is 140 Å². The number of hydrogen-bond donors (Lipinski definition) is 1. The van der Waals surface area contributed by atoms with Crippen molar-refractivity contribution < 1.29 is 14.0 Å². The lowest BCUT2D eigenvalue weighted by Crippen LogP contribution is -2.41. The minimum atomic E-state index is -0.398. The average Bonchev–Trinajstić information content (AvgIpc) is 3.05. The Bertz CT molecular complexity index is 659. The minimum absolute atomic E-state index is 0.000283. The second-order valence-corrected chi connectivity index (χ2v) is 7.47. The van der Waals surface area contributed by atoms with Crippen LogP contribution in [0, 0.1) is 17.2 Å². The van der Waals surface area contributed by atoms with E-state index in [4.69, 9.17) is 0 Å². The van der Waals surface area contributed by atoms with Gasteiger partial charge in [-0.25, -0.2) is 4.39 Å². The summed E-state index contributed by atoms with van der Waals surface area (Å²) in [4.78, 5) is 30.5. The van der Waals surface area contributed by atoms with Crippen molar-refractivity contribution in [2.45, 2.75) is 44.6 Å². The third-order valence-corrected chi connectivity index (χ3v) is 5.82. The number of carbonyl (C=O) groups excluding carboxylic acids is 2. The summed E-state index contributed by atoms with van der Waals surface area (Å²) in [6, 6.07) is 3.24. The first-order valence-electron chi connectivity index (χ1n) is 8.74. The van der Waals surface area contributed by atoms with Gasteiger partial charge in [0.15, 0.2) is 0 Å². The Morgan fingerprint density at radius 1 is 1.38 bits per heavy atom. The van der Waals surface area contributed by atoms with Gasteiger partial charge in [-0.2, -0.15) is 0 Å². The third kappa shape index (κ3) is 2.89.